The molecule has 1 aliphatic heterocycles. The molecule has 1 aromatic carbocycles. The fraction of sp³-hybridized carbons (Fsp3) is 0.400. The average molecular weight is 340 g/mol. The Hall–Kier alpha value is -2.56. The van der Waals surface area contributed by atoms with Crippen molar-refractivity contribution in [3.8, 4) is 11.5 Å². The Bertz CT molecular complexity index is 760. The molecule has 25 heavy (non-hydrogen) atoms. The Kier molecular flexibility index (Phi) is 5.22. The average Bonchev–Trinajstić information content (AvgIpc) is 2.60. The van der Waals surface area contributed by atoms with Crippen LogP contribution in [0.25, 0.3) is 0 Å². The molecule has 1 atom stereocenters. The fourth-order valence-corrected chi connectivity index (χ4v) is 3.12. The number of ether oxygens (including phenoxy) is 1. The van der Waals surface area contributed by atoms with Crippen molar-refractivity contribution in [2.24, 2.45) is 5.92 Å². The molecular formula is C20H24N2O3. The zero-order valence-corrected chi connectivity index (χ0v) is 14.7. The summed E-state index contributed by atoms with van der Waals surface area (Å²) in [5.74, 6) is 1.03. The molecule has 5 nitrogen and oxygen atoms in total. The summed E-state index contributed by atoms with van der Waals surface area (Å²) in [5, 5.41) is 9.90. The number of carbonyl (C=O) groups excluding carboxylic acids is 1. The number of pyridine rings is 1. The van der Waals surface area contributed by atoms with Crippen LogP contribution in [-0.2, 0) is 6.61 Å². The van der Waals surface area contributed by atoms with E-state index < -0.39 is 0 Å². The molecule has 5 heteroatoms. The van der Waals surface area contributed by atoms with Gasteiger partial charge in [0.15, 0.2) is 11.5 Å². The van der Waals surface area contributed by atoms with E-state index in [1.807, 2.05) is 30.0 Å². The SMILES string of the molecule is Cc1ccc(OCc2cccc(C(=O)N3CCCC(C)C3)n2)c(O)c1. The minimum absolute atomic E-state index is 0.0217. The summed E-state index contributed by atoms with van der Waals surface area (Å²) in [6.07, 6.45) is 2.22. The van der Waals surface area contributed by atoms with Gasteiger partial charge in [0, 0.05) is 13.1 Å². The van der Waals surface area contributed by atoms with E-state index in [2.05, 4.69) is 11.9 Å². The molecule has 0 radical (unpaired) electrons. The second-order valence-corrected chi connectivity index (χ2v) is 6.77. The van der Waals surface area contributed by atoms with E-state index in [1.165, 1.54) is 6.42 Å². The Balaban J connectivity index is 1.67. The molecule has 2 heterocycles. The van der Waals surface area contributed by atoms with Crippen molar-refractivity contribution in [1.29, 1.82) is 0 Å². The predicted octanol–water partition coefficient (Wildman–Crippen LogP) is 3.55. The lowest BCUT2D eigenvalue weighted by molar-refractivity contribution is 0.0676. The van der Waals surface area contributed by atoms with Crippen molar-refractivity contribution in [2.45, 2.75) is 33.3 Å². The number of hydrogen-bond acceptors (Lipinski definition) is 4. The monoisotopic (exact) mass is 340 g/mol. The number of aryl methyl sites for hydroxylation is 1. The third kappa shape index (κ3) is 4.29. The zero-order valence-electron chi connectivity index (χ0n) is 14.7. The minimum atomic E-state index is -0.0217. The van der Waals surface area contributed by atoms with Crippen molar-refractivity contribution in [2.75, 3.05) is 13.1 Å². The number of phenolic OH excluding ortho intramolecular Hbond substituents is 1. The highest BCUT2D eigenvalue weighted by Gasteiger charge is 2.23. The van der Waals surface area contributed by atoms with Gasteiger partial charge >= 0.3 is 0 Å². The van der Waals surface area contributed by atoms with Gasteiger partial charge in [-0.1, -0.05) is 19.1 Å². The molecule has 0 spiro atoms. The van der Waals surface area contributed by atoms with Crippen molar-refractivity contribution < 1.29 is 14.6 Å². The number of aromatic hydroxyl groups is 1. The molecule has 1 unspecified atom stereocenters. The quantitative estimate of drug-likeness (QED) is 0.924. The minimum Gasteiger partial charge on any atom is -0.504 e. The topological polar surface area (TPSA) is 62.7 Å². The van der Waals surface area contributed by atoms with Crippen LogP contribution in [-0.4, -0.2) is 34.0 Å². The van der Waals surface area contributed by atoms with Crippen molar-refractivity contribution in [3.63, 3.8) is 0 Å². The lowest BCUT2D eigenvalue weighted by Gasteiger charge is -2.30. The smallest absolute Gasteiger partial charge is 0.272 e. The maximum absolute atomic E-state index is 12.6. The molecule has 1 saturated heterocycles. The number of aromatic nitrogens is 1. The molecule has 1 fully saturated rings. The Morgan fingerprint density at radius 2 is 2.20 bits per heavy atom. The van der Waals surface area contributed by atoms with E-state index >= 15 is 0 Å². The number of phenols is 1. The van der Waals surface area contributed by atoms with Gasteiger partial charge in [-0.2, -0.15) is 0 Å². The summed E-state index contributed by atoms with van der Waals surface area (Å²) in [6, 6.07) is 10.6. The maximum Gasteiger partial charge on any atom is 0.272 e. The van der Waals surface area contributed by atoms with Crippen LogP contribution in [0, 0.1) is 12.8 Å². The number of likely N-dealkylation sites (tertiary alicyclic amines) is 1. The molecule has 132 valence electrons. The largest absolute Gasteiger partial charge is 0.504 e. The van der Waals surface area contributed by atoms with E-state index in [4.69, 9.17) is 4.74 Å². The highest BCUT2D eigenvalue weighted by atomic mass is 16.5. The summed E-state index contributed by atoms with van der Waals surface area (Å²) < 4.78 is 5.64. The number of nitrogens with zero attached hydrogens (tertiary/aromatic N) is 2. The number of hydrogen-bond donors (Lipinski definition) is 1. The van der Waals surface area contributed by atoms with Gasteiger partial charge in [-0.3, -0.25) is 4.79 Å². The van der Waals surface area contributed by atoms with Gasteiger partial charge in [0.1, 0.15) is 12.3 Å². The first-order valence-electron chi connectivity index (χ1n) is 8.70. The molecule has 0 bridgehead atoms. The van der Waals surface area contributed by atoms with Gasteiger partial charge in [0.2, 0.25) is 0 Å². The van der Waals surface area contributed by atoms with Crippen LogP contribution in [0.5, 0.6) is 11.5 Å². The Labute approximate surface area is 148 Å². The third-order valence-electron chi connectivity index (χ3n) is 4.46. The molecule has 0 aliphatic carbocycles. The predicted molar refractivity (Wildman–Crippen MR) is 95.7 cm³/mol. The van der Waals surface area contributed by atoms with Gasteiger partial charge in [-0.05, 0) is 55.5 Å². The summed E-state index contributed by atoms with van der Waals surface area (Å²) in [4.78, 5) is 19.0. The van der Waals surface area contributed by atoms with E-state index in [0.717, 1.165) is 25.1 Å². The molecule has 1 aromatic heterocycles. The second-order valence-electron chi connectivity index (χ2n) is 6.77. The second kappa shape index (κ2) is 7.55. The van der Waals surface area contributed by atoms with Crippen LogP contribution in [0.1, 0.15) is 41.5 Å². The molecule has 2 aromatic rings. The first-order chi connectivity index (χ1) is 12.0. The third-order valence-corrected chi connectivity index (χ3v) is 4.46. The molecule has 1 amide bonds. The zero-order chi connectivity index (χ0) is 17.8. The lowest BCUT2D eigenvalue weighted by atomic mass is 10.00. The van der Waals surface area contributed by atoms with Crippen LogP contribution in [0.4, 0.5) is 0 Å². The summed E-state index contributed by atoms with van der Waals surface area (Å²) in [5.41, 5.74) is 2.07. The van der Waals surface area contributed by atoms with Crippen LogP contribution in [0.2, 0.25) is 0 Å². The number of carbonyl (C=O) groups is 1. The molecule has 0 saturated carbocycles. The van der Waals surface area contributed by atoms with Gasteiger partial charge < -0.3 is 14.7 Å². The van der Waals surface area contributed by atoms with Crippen LogP contribution in [0.3, 0.4) is 0 Å². The first-order valence-corrected chi connectivity index (χ1v) is 8.70. The Morgan fingerprint density at radius 1 is 1.36 bits per heavy atom. The Morgan fingerprint density at radius 3 is 2.96 bits per heavy atom. The van der Waals surface area contributed by atoms with Gasteiger partial charge in [0.25, 0.3) is 5.91 Å². The van der Waals surface area contributed by atoms with Crippen molar-refractivity contribution >= 4 is 5.91 Å². The van der Waals surface area contributed by atoms with Gasteiger partial charge in [-0.15, -0.1) is 0 Å². The van der Waals surface area contributed by atoms with Crippen LogP contribution < -0.4 is 4.74 Å². The van der Waals surface area contributed by atoms with E-state index in [-0.39, 0.29) is 18.3 Å². The standard InChI is InChI=1S/C20H24N2O3/c1-14-8-9-19(18(23)11-14)25-13-16-6-3-7-17(21-16)20(24)22-10-4-5-15(2)12-22/h3,6-9,11,15,23H,4-5,10,12-13H2,1-2H3. The number of rotatable bonds is 4. The van der Waals surface area contributed by atoms with Crippen molar-refractivity contribution in [1.82, 2.24) is 9.88 Å². The first kappa shape index (κ1) is 17.3. The summed E-state index contributed by atoms with van der Waals surface area (Å²) in [6.45, 7) is 5.86. The van der Waals surface area contributed by atoms with E-state index in [1.54, 1.807) is 18.2 Å². The maximum atomic E-state index is 12.6. The van der Waals surface area contributed by atoms with E-state index in [0.29, 0.717) is 23.1 Å². The van der Waals surface area contributed by atoms with Gasteiger partial charge in [-0.25, -0.2) is 4.98 Å². The molecule has 1 N–H and O–H groups in total. The molecule has 1 aliphatic rings. The normalized spacial score (nSPS) is 17.4. The molecular weight excluding hydrogens is 316 g/mol. The highest BCUT2D eigenvalue weighted by molar-refractivity contribution is 5.92. The van der Waals surface area contributed by atoms with Crippen LogP contribution >= 0.6 is 0 Å². The number of amides is 1. The summed E-state index contributed by atoms with van der Waals surface area (Å²) >= 11 is 0. The van der Waals surface area contributed by atoms with Crippen molar-refractivity contribution in [3.05, 3.63) is 53.3 Å². The number of benzene rings is 1. The lowest BCUT2D eigenvalue weighted by Crippen LogP contribution is -2.39. The number of piperidine rings is 1. The molecule has 3 rings (SSSR count). The van der Waals surface area contributed by atoms with E-state index in [9.17, 15) is 9.90 Å². The summed E-state index contributed by atoms with van der Waals surface area (Å²) in [7, 11) is 0. The fourth-order valence-electron chi connectivity index (χ4n) is 3.12. The highest BCUT2D eigenvalue weighted by Crippen LogP contribution is 2.27. The van der Waals surface area contributed by atoms with Crippen LogP contribution in [0.15, 0.2) is 36.4 Å². The van der Waals surface area contributed by atoms with Gasteiger partial charge in [0.05, 0.1) is 5.69 Å².